The Hall–Kier alpha value is -3.61. The van der Waals surface area contributed by atoms with Crippen molar-refractivity contribution in [2.75, 3.05) is 17.7 Å². The van der Waals surface area contributed by atoms with E-state index in [-0.39, 0.29) is 18.2 Å². The third kappa shape index (κ3) is 3.34. The van der Waals surface area contributed by atoms with Crippen LogP contribution in [0.2, 0.25) is 0 Å². The Bertz CT molecular complexity index is 1020. The molecule has 2 aromatic carbocycles. The summed E-state index contributed by atoms with van der Waals surface area (Å²) < 4.78 is 6.69. The molecule has 2 N–H and O–H groups in total. The fourth-order valence-electron chi connectivity index (χ4n) is 3.22. The van der Waals surface area contributed by atoms with E-state index in [9.17, 15) is 9.59 Å². The molecule has 7 heteroatoms. The van der Waals surface area contributed by atoms with Crippen molar-refractivity contribution in [3.63, 3.8) is 0 Å². The quantitative estimate of drug-likeness (QED) is 0.715. The number of carbonyl (C=O) groups excluding carboxylic acids is 2. The fraction of sp³-hybridized carbons (Fsp3) is 0.190. The van der Waals surface area contributed by atoms with E-state index >= 15 is 0 Å². The van der Waals surface area contributed by atoms with E-state index in [0.29, 0.717) is 17.3 Å². The number of hydrogen-bond donors (Lipinski definition) is 2. The third-order valence-electron chi connectivity index (χ3n) is 4.75. The average molecular weight is 376 g/mol. The zero-order valence-electron chi connectivity index (χ0n) is 15.6. The minimum absolute atomic E-state index is 0.000119. The van der Waals surface area contributed by atoms with Crippen LogP contribution < -0.4 is 15.4 Å². The van der Waals surface area contributed by atoms with Crippen molar-refractivity contribution in [3.8, 4) is 16.9 Å². The Kier molecular flexibility index (Phi) is 4.57. The van der Waals surface area contributed by atoms with Crippen LogP contribution in [-0.4, -0.2) is 28.7 Å². The Balaban J connectivity index is 1.50. The van der Waals surface area contributed by atoms with Crippen molar-refractivity contribution in [1.82, 2.24) is 9.78 Å². The fourth-order valence-corrected chi connectivity index (χ4v) is 3.22. The molecule has 0 fully saturated rings. The minimum Gasteiger partial charge on any atom is -0.497 e. The van der Waals surface area contributed by atoms with Crippen molar-refractivity contribution < 1.29 is 14.3 Å². The molecule has 4 rings (SSSR count). The van der Waals surface area contributed by atoms with Gasteiger partial charge in [0.2, 0.25) is 5.91 Å². The SMILES string of the molecule is COc1ccc(NC(=O)CC2C(=O)Nc3c(-c4ccc(C)cc4)cnn32)cc1. The highest BCUT2D eigenvalue weighted by Crippen LogP contribution is 2.35. The largest absolute Gasteiger partial charge is 0.497 e. The maximum atomic E-state index is 12.4. The summed E-state index contributed by atoms with van der Waals surface area (Å²) in [6.45, 7) is 2.02. The second-order valence-corrected chi connectivity index (χ2v) is 6.70. The van der Waals surface area contributed by atoms with Gasteiger partial charge in [0.15, 0.2) is 0 Å². The number of fused-ring (bicyclic) bond motifs is 1. The summed E-state index contributed by atoms with van der Waals surface area (Å²) in [6, 6.07) is 14.3. The summed E-state index contributed by atoms with van der Waals surface area (Å²) in [5.41, 5.74) is 3.61. The predicted molar refractivity (Wildman–Crippen MR) is 106 cm³/mol. The van der Waals surface area contributed by atoms with Crippen LogP contribution in [0.25, 0.3) is 11.1 Å². The Morgan fingerprint density at radius 2 is 1.89 bits per heavy atom. The molecule has 7 nitrogen and oxygen atoms in total. The maximum Gasteiger partial charge on any atom is 0.251 e. The predicted octanol–water partition coefficient (Wildman–Crippen LogP) is 3.39. The molecule has 1 aliphatic heterocycles. The first-order chi connectivity index (χ1) is 13.5. The zero-order chi connectivity index (χ0) is 19.7. The lowest BCUT2D eigenvalue weighted by Gasteiger charge is -2.10. The molecule has 2 amide bonds. The van der Waals surface area contributed by atoms with E-state index < -0.39 is 6.04 Å². The molecule has 0 saturated heterocycles. The van der Waals surface area contributed by atoms with Gasteiger partial charge in [0, 0.05) is 11.3 Å². The average Bonchev–Trinajstić information content (AvgIpc) is 3.23. The molecule has 2 heterocycles. The van der Waals surface area contributed by atoms with Crippen molar-refractivity contribution in [3.05, 3.63) is 60.3 Å². The van der Waals surface area contributed by atoms with Gasteiger partial charge in [0.1, 0.15) is 17.6 Å². The van der Waals surface area contributed by atoms with Gasteiger partial charge in [-0.2, -0.15) is 5.10 Å². The Morgan fingerprint density at radius 3 is 2.57 bits per heavy atom. The van der Waals surface area contributed by atoms with Crippen LogP contribution in [0.5, 0.6) is 5.75 Å². The summed E-state index contributed by atoms with van der Waals surface area (Å²) in [6.07, 6.45) is 1.72. The second kappa shape index (κ2) is 7.19. The first-order valence-corrected chi connectivity index (χ1v) is 8.94. The molecule has 28 heavy (non-hydrogen) atoms. The highest BCUT2D eigenvalue weighted by atomic mass is 16.5. The molecule has 1 unspecified atom stereocenters. The van der Waals surface area contributed by atoms with Gasteiger partial charge in [-0.3, -0.25) is 9.59 Å². The van der Waals surface area contributed by atoms with Gasteiger partial charge < -0.3 is 15.4 Å². The van der Waals surface area contributed by atoms with Crippen molar-refractivity contribution in [1.29, 1.82) is 0 Å². The normalized spacial score (nSPS) is 15.1. The summed E-state index contributed by atoms with van der Waals surface area (Å²) in [5.74, 6) is 0.834. The lowest BCUT2D eigenvalue weighted by Crippen LogP contribution is -2.23. The first kappa shape index (κ1) is 17.8. The number of anilines is 2. The highest BCUT2D eigenvalue weighted by Gasteiger charge is 2.35. The van der Waals surface area contributed by atoms with Crippen molar-refractivity contribution in [2.24, 2.45) is 0 Å². The second-order valence-electron chi connectivity index (χ2n) is 6.70. The number of nitrogens with zero attached hydrogens (tertiary/aromatic N) is 2. The molecule has 0 saturated carbocycles. The number of benzene rings is 2. The van der Waals surface area contributed by atoms with Gasteiger partial charge in [0.25, 0.3) is 5.91 Å². The summed E-state index contributed by atoms with van der Waals surface area (Å²) >= 11 is 0. The lowest BCUT2D eigenvalue weighted by molar-refractivity contribution is -0.123. The number of amides is 2. The number of carbonyl (C=O) groups is 2. The molecular formula is C21H20N4O3. The number of rotatable bonds is 5. The number of nitrogens with one attached hydrogen (secondary N) is 2. The van der Waals surface area contributed by atoms with Crippen LogP contribution in [-0.2, 0) is 9.59 Å². The number of ether oxygens (including phenoxy) is 1. The molecule has 1 aliphatic rings. The summed E-state index contributed by atoms with van der Waals surface area (Å²) in [7, 11) is 1.58. The third-order valence-corrected chi connectivity index (χ3v) is 4.75. The van der Waals surface area contributed by atoms with Crippen molar-refractivity contribution in [2.45, 2.75) is 19.4 Å². The van der Waals surface area contributed by atoms with Crippen LogP contribution in [0.4, 0.5) is 11.5 Å². The van der Waals surface area contributed by atoms with Crippen LogP contribution in [0.3, 0.4) is 0 Å². The van der Waals surface area contributed by atoms with Gasteiger partial charge in [-0.25, -0.2) is 4.68 Å². The van der Waals surface area contributed by atoms with Crippen molar-refractivity contribution >= 4 is 23.3 Å². The van der Waals surface area contributed by atoms with Crippen LogP contribution in [0.1, 0.15) is 18.0 Å². The molecule has 1 aromatic heterocycles. The zero-order valence-corrected chi connectivity index (χ0v) is 15.6. The number of methoxy groups -OCH3 is 1. The molecular weight excluding hydrogens is 356 g/mol. The van der Waals surface area contributed by atoms with E-state index in [1.807, 2.05) is 31.2 Å². The number of aryl methyl sites for hydroxylation is 1. The number of hydrogen-bond acceptors (Lipinski definition) is 4. The topological polar surface area (TPSA) is 85.2 Å². The monoisotopic (exact) mass is 376 g/mol. The van der Waals surface area contributed by atoms with E-state index in [1.165, 1.54) is 0 Å². The van der Waals surface area contributed by atoms with E-state index in [4.69, 9.17) is 4.74 Å². The van der Waals surface area contributed by atoms with Gasteiger partial charge in [0.05, 0.1) is 19.7 Å². The standard InChI is InChI=1S/C21H20N4O3/c1-13-3-5-14(6-4-13)17-12-22-25-18(21(27)24-20(17)25)11-19(26)23-15-7-9-16(28-2)10-8-15/h3-10,12,18H,11H2,1-2H3,(H,23,26)(H,24,27). The lowest BCUT2D eigenvalue weighted by atomic mass is 10.1. The maximum absolute atomic E-state index is 12.4. The minimum atomic E-state index is -0.674. The van der Waals surface area contributed by atoms with E-state index in [1.54, 1.807) is 42.3 Å². The van der Waals surface area contributed by atoms with Gasteiger partial charge >= 0.3 is 0 Å². The smallest absolute Gasteiger partial charge is 0.251 e. The summed E-state index contributed by atoms with van der Waals surface area (Å²) in [5, 5.41) is 10.0. The molecule has 0 radical (unpaired) electrons. The molecule has 1 atom stereocenters. The van der Waals surface area contributed by atoms with E-state index in [2.05, 4.69) is 15.7 Å². The molecule has 3 aromatic rings. The van der Waals surface area contributed by atoms with Gasteiger partial charge in [-0.15, -0.1) is 0 Å². The van der Waals surface area contributed by atoms with Crippen LogP contribution in [0, 0.1) is 6.92 Å². The van der Waals surface area contributed by atoms with Gasteiger partial charge in [-0.1, -0.05) is 29.8 Å². The highest BCUT2D eigenvalue weighted by molar-refractivity contribution is 6.04. The first-order valence-electron chi connectivity index (χ1n) is 8.94. The van der Waals surface area contributed by atoms with Crippen LogP contribution in [0.15, 0.2) is 54.7 Å². The molecule has 142 valence electrons. The summed E-state index contributed by atoms with van der Waals surface area (Å²) in [4.78, 5) is 24.9. The van der Waals surface area contributed by atoms with E-state index in [0.717, 1.165) is 16.7 Å². The molecule has 0 spiro atoms. The van der Waals surface area contributed by atoms with Crippen LogP contribution >= 0.6 is 0 Å². The molecule has 0 bridgehead atoms. The molecule has 0 aliphatic carbocycles. The Morgan fingerprint density at radius 1 is 1.18 bits per heavy atom. The number of aromatic nitrogens is 2. The Labute approximate surface area is 162 Å². The van der Waals surface area contributed by atoms with Gasteiger partial charge in [-0.05, 0) is 36.8 Å².